The number of fused-ring (bicyclic) bond motifs is 1. The van der Waals surface area contributed by atoms with Crippen LogP contribution in [0.4, 0.5) is 28.9 Å². The highest BCUT2D eigenvalue weighted by Gasteiger charge is 2.35. The lowest BCUT2D eigenvalue weighted by Gasteiger charge is -2.36. The van der Waals surface area contributed by atoms with Crippen LogP contribution in [0.2, 0.25) is 0 Å². The van der Waals surface area contributed by atoms with Crippen LogP contribution in [-0.4, -0.2) is 18.5 Å². The summed E-state index contributed by atoms with van der Waals surface area (Å²) < 4.78 is 52.4. The van der Waals surface area contributed by atoms with Gasteiger partial charge in [0.25, 0.3) is 0 Å². The molecule has 1 heterocycles. The normalized spacial score (nSPS) is 16.8. The molecule has 7 heteroatoms. The molecule has 0 aliphatic carbocycles. The van der Waals surface area contributed by atoms with Gasteiger partial charge in [-0.25, -0.2) is 4.39 Å². The van der Waals surface area contributed by atoms with Crippen molar-refractivity contribution in [2.75, 3.05) is 11.4 Å². The van der Waals surface area contributed by atoms with Gasteiger partial charge >= 0.3 is 6.18 Å². The number of hydrogen-bond acceptors (Lipinski definition) is 2. The molecule has 2 aromatic rings. The maximum Gasteiger partial charge on any atom is 0.419 e. The number of nitrogens with one attached hydrogen (secondary N) is 1. The number of carbonyl (C=O) groups is 1. The van der Waals surface area contributed by atoms with E-state index in [2.05, 4.69) is 11.9 Å². The van der Waals surface area contributed by atoms with Crippen LogP contribution in [0.25, 0.3) is 0 Å². The van der Waals surface area contributed by atoms with E-state index in [9.17, 15) is 22.4 Å². The molecule has 1 amide bonds. The highest BCUT2D eigenvalue weighted by molar-refractivity contribution is 5.87. The van der Waals surface area contributed by atoms with E-state index in [4.69, 9.17) is 0 Å². The Labute approximate surface area is 147 Å². The Morgan fingerprint density at radius 2 is 1.96 bits per heavy atom. The topological polar surface area (TPSA) is 32.3 Å². The lowest BCUT2D eigenvalue weighted by Crippen LogP contribution is -2.46. The average molecular weight is 364 g/mol. The van der Waals surface area contributed by atoms with Crippen molar-refractivity contribution < 1.29 is 22.4 Å². The van der Waals surface area contributed by atoms with E-state index in [1.165, 1.54) is 6.07 Å². The van der Waals surface area contributed by atoms with Gasteiger partial charge in [-0.05, 0) is 42.3 Å². The highest BCUT2D eigenvalue weighted by Crippen LogP contribution is 2.37. The summed E-state index contributed by atoms with van der Waals surface area (Å²) in [7, 11) is 0. The molecule has 1 aliphatic heterocycles. The molecule has 1 unspecified atom stereocenters. The number of benzene rings is 2. The largest absolute Gasteiger partial charge is 0.419 e. The zero-order valence-corrected chi connectivity index (χ0v) is 13.7. The first-order valence-electron chi connectivity index (χ1n) is 7.94. The number of halogens is 4. The van der Waals surface area contributed by atoms with Crippen molar-refractivity contribution in [2.45, 2.75) is 18.6 Å². The fourth-order valence-corrected chi connectivity index (χ4v) is 3.10. The van der Waals surface area contributed by atoms with Gasteiger partial charge in [-0.2, -0.15) is 13.2 Å². The summed E-state index contributed by atoms with van der Waals surface area (Å²) >= 11 is 0. The van der Waals surface area contributed by atoms with E-state index >= 15 is 0 Å². The van der Waals surface area contributed by atoms with E-state index in [0.717, 1.165) is 29.5 Å². The number of carbonyl (C=O) groups excluding carboxylic acids is 1. The Morgan fingerprint density at radius 3 is 2.62 bits per heavy atom. The molecule has 0 saturated heterocycles. The third-order valence-corrected chi connectivity index (χ3v) is 4.25. The molecular formula is C19H16F4N2O. The minimum absolute atomic E-state index is 0.277. The second-order valence-electron chi connectivity index (χ2n) is 6.01. The highest BCUT2D eigenvalue weighted by atomic mass is 19.4. The summed E-state index contributed by atoms with van der Waals surface area (Å²) in [5.41, 5.74) is 0.674. The van der Waals surface area contributed by atoms with Crippen LogP contribution in [0.15, 0.2) is 55.1 Å². The van der Waals surface area contributed by atoms with E-state index in [1.54, 1.807) is 11.0 Å². The molecular weight excluding hydrogens is 348 g/mol. The summed E-state index contributed by atoms with van der Waals surface area (Å²) in [5, 5.41) is 2.79. The van der Waals surface area contributed by atoms with Gasteiger partial charge in [-0.1, -0.05) is 24.8 Å². The maximum absolute atomic E-state index is 14.0. The molecule has 0 bridgehead atoms. The van der Waals surface area contributed by atoms with Crippen molar-refractivity contribution in [3.05, 3.63) is 72.1 Å². The van der Waals surface area contributed by atoms with Gasteiger partial charge in [0.05, 0.1) is 11.6 Å². The summed E-state index contributed by atoms with van der Waals surface area (Å²) in [6.07, 6.45) is -3.03. The predicted molar refractivity (Wildman–Crippen MR) is 90.7 cm³/mol. The van der Waals surface area contributed by atoms with Crippen molar-refractivity contribution >= 4 is 17.3 Å². The van der Waals surface area contributed by atoms with E-state index < -0.39 is 17.6 Å². The molecule has 0 radical (unpaired) electrons. The first-order chi connectivity index (χ1) is 12.3. The third-order valence-electron chi connectivity index (χ3n) is 4.25. The number of rotatable bonds is 3. The minimum atomic E-state index is -4.75. The minimum Gasteiger partial charge on any atom is -0.348 e. The standard InChI is InChI=1S/C19H16F4N2O/c1-2-18(26)24-13-9-12-5-3-4-6-17(12)25(11-13)14-7-8-15(16(20)10-14)19(21,22)23/h2-8,10,13H,1,9,11H2,(H,24,26). The molecule has 0 aromatic heterocycles. The fraction of sp³-hybridized carbons (Fsp3) is 0.211. The molecule has 0 fully saturated rings. The van der Waals surface area contributed by atoms with Crippen LogP contribution in [0.5, 0.6) is 0 Å². The van der Waals surface area contributed by atoms with Gasteiger partial charge in [0.1, 0.15) is 5.82 Å². The number of nitrogens with zero attached hydrogens (tertiary/aromatic N) is 1. The SMILES string of the molecule is C=CC(=O)NC1Cc2ccccc2N(c2ccc(C(F)(F)F)c(F)c2)C1. The Bertz CT molecular complexity index is 848. The van der Waals surface area contributed by atoms with Crippen LogP contribution in [0.1, 0.15) is 11.1 Å². The zero-order valence-electron chi connectivity index (χ0n) is 13.7. The van der Waals surface area contributed by atoms with Gasteiger partial charge in [-0.3, -0.25) is 4.79 Å². The Morgan fingerprint density at radius 1 is 1.23 bits per heavy atom. The predicted octanol–water partition coefficient (Wildman–Crippen LogP) is 4.21. The lowest BCUT2D eigenvalue weighted by atomic mass is 9.97. The van der Waals surface area contributed by atoms with Crippen molar-refractivity contribution in [1.29, 1.82) is 0 Å². The smallest absolute Gasteiger partial charge is 0.348 e. The molecule has 2 aromatic carbocycles. The van der Waals surface area contributed by atoms with Crippen LogP contribution < -0.4 is 10.2 Å². The van der Waals surface area contributed by atoms with Crippen LogP contribution in [-0.2, 0) is 17.4 Å². The number of alkyl halides is 3. The quantitative estimate of drug-likeness (QED) is 0.654. The average Bonchev–Trinajstić information content (AvgIpc) is 2.59. The van der Waals surface area contributed by atoms with Crippen LogP contribution in [0, 0.1) is 5.82 Å². The Balaban J connectivity index is 1.98. The molecule has 0 saturated carbocycles. The second kappa shape index (κ2) is 6.82. The van der Waals surface area contributed by atoms with Crippen molar-refractivity contribution in [1.82, 2.24) is 5.32 Å². The first kappa shape index (κ1) is 18.0. The first-order valence-corrected chi connectivity index (χ1v) is 7.94. The maximum atomic E-state index is 14.0. The van der Waals surface area contributed by atoms with Crippen LogP contribution >= 0.6 is 0 Å². The second-order valence-corrected chi connectivity index (χ2v) is 6.01. The van der Waals surface area contributed by atoms with Gasteiger partial charge in [0, 0.05) is 17.9 Å². The van der Waals surface area contributed by atoms with E-state index in [0.29, 0.717) is 18.7 Å². The Kier molecular flexibility index (Phi) is 4.71. The number of hydrogen-bond donors (Lipinski definition) is 1. The molecule has 1 atom stereocenters. The molecule has 3 nitrogen and oxygen atoms in total. The zero-order chi connectivity index (χ0) is 18.9. The van der Waals surface area contributed by atoms with Crippen molar-refractivity contribution in [3.8, 4) is 0 Å². The summed E-state index contributed by atoms with van der Waals surface area (Å²) in [6, 6.07) is 9.89. The third kappa shape index (κ3) is 3.56. The molecule has 136 valence electrons. The van der Waals surface area contributed by atoms with Crippen molar-refractivity contribution in [3.63, 3.8) is 0 Å². The summed E-state index contributed by atoms with van der Waals surface area (Å²) in [5.74, 6) is -1.67. The molecule has 1 N–H and O–H groups in total. The van der Waals surface area contributed by atoms with Crippen LogP contribution in [0.3, 0.4) is 0 Å². The molecule has 0 spiro atoms. The lowest BCUT2D eigenvalue weighted by molar-refractivity contribution is -0.140. The molecule has 1 aliphatic rings. The van der Waals surface area contributed by atoms with Gasteiger partial charge in [0.15, 0.2) is 0 Å². The van der Waals surface area contributed by atoms with Crippen molar-refractivity contribution in [2.24, 2.45) is 0 Å². The summed E-state index contributed by atoms with van der Waals surface area (Å²) in [6.45, 7) is 3.72. The molecule has 3 rings (SSSR count). The monoisotopic (exact) mass is 364 g/mol. The van der Waals surface area contributed by atoms with Gasteiger partial charge in [-0.15, -0.1) is 0 Å². The number of amides is 1. The van der Waals surface area contributed by atoms with Gasteiger partial charge < -0.3 is 10.2 Å². The van der Waals surface area contributed by atoms with Gasteiger partial charge in [0.2, 0.25) is 5.91 Å². The fourth-order valence-electron chi connectivity index (χ4n) is 3.10. The summed E-state index contributed by atoms with van der Waals surface area (Å²) in [4.78, 5) is 13.3. The number of para-hydroxylation sites is 1. The van der Waals surface area contributed by atoms with E-state index in [1.807, 2.05) is 18.2 Å². The molecule has 26 heavy (non-hydrogen) atoms. The number of anilines is 2. The Hall–Kier alpha value is -2.83. The van der Waals surface area contributed by atoms with E-state index in [-0.39, 0.29) is 11.9 Å².